The molecule has 4 nitrogen and oxygen atoms in total. The van der Waals surface area contributed by atoms with Gasteiger partial charge in [-0.3, -0.25) is 0 Å². The molecule has 1 heterocycles. The zero-order chi connectivity index (χ0) is 13.0. The molecule has 1 aromatic carbocycles. The predicted molar refractivity (Wildman–Crippen MR) is 78.4 cm³/mol. The molecule has 0 spiro atoms. The van der Waals surface area contributed by atoms with E-state index in [2.05, 4.69) is 36.5 Å². The van der Waals surface area contributed by atoms with Crippen molar-refractivity contribution in [2.75, 3.05) is 17.2 Å². The van der Waals surface area contributed by atoms with E-state index in [4.69, 9.17) is 0 Å². The molecule has 2 rings (SSSR count). The van der Waals surface area contributed by atoms with Gasteiger partial charge in [-0.05, 0) is 38.1 Å². The van der Waals surface area contributed by atoms with Gasteiger partial charge in [0.15, 0.2) is 0 Å². The van der Waals surface area contributed by atoms with E-state index >= 15 is 0 Å². The van der Waals surface area contributed by atoms with E-state index in [0.29, 0.717) is 0 Å². The largest absolute Gasteiger partial charge is 0.370 e. The minimum Gasteiger partial charge on any atom is -0.370 e. The summed E-state index contributed by atoms with van der Waals surface area (Å²) in [5.74, 6) is 1.69. The maximum atomic E-state index is 4.26. The number of anilines is 3. The second kappa shape index (κ2) is 5.82. The zero-order valence-electron chi connectivity index (χ0n) is 10.4. The molecule has 94 valence electrons. The summed E-state index contributed by atoms with van der Waals surface area (Å²) in [6.45, 7) is 4.89. The number of halogens is 1. The predicted octanol–water partition coefficient (Wildman–Crippen LogP) is 3.72. The fourth-order valence-electron chi connectivity index (χ4n) is 1.59. The summed E-state index contributed by atoms with van der Waals surface area (Å²) in [6.07, 6.45) is 1.56. The van der Waals surface area contributed by atoms with Crippen LogP contribution in [-0.2, 0) is 0 Å². The van der Waals surface area contributed by atoms with Crippen molar-refractivity contribution in [1.29, 1.82) is 0 Å². The highest BCUT2D eigenvalue weighted by Crippen LogP contribution is 2.23. The van der Waals surface area contributed by atoms with E-state index in [1.165, 1.54) is 0 Å². The quantitative estimate of drug-likeness (QED) is 0.904. The first-order valence-corrected chi connectivity index (χ1v) is 6.58. The third kappa shape index (κ3) is 2.98. The number of hydrogen-bond donors (Lipinski definition) is 2. The van der Waals surface area contributed by atoms with E-state index in [1.807, 2.05) is 38.1 Å². The van der Waals surface area contributed by atoms with Crippen LogP contribution in [0.1, 0.15) is 12.5 Å². The molecule has 0 saturated carbocycles. The van der Waals surface area contributed by atoms with Crippen LogP contribution < -0.4 is 10.6 Å². The minimum absolute atomic E-state index is 0.822. The lowest BCUT2D eigenvalue weighted by Crippen LogP contribution is -2.05. The second-order valence-corrected chi connectivity index (χ2v) is 4.77. The van der Waals surface area contributed by atoms with Crippen LogP contribution in [0.15, 0.2) is 35.1 Å². The fraction of sp³-hybridized carbons (Fsp3) is 0.231. The maximum absolute atomic E-state index is 4.26. The average Bonchev–Trinajstić information content (AvgIpc) is 2.37. The Kier molecular flexibility index (Phi) is 4.15. The van der Waals surface area contributed by atoms with Gasteiger partial charge in [0.2, 0.25) is 0 Å². The molecular weight excluding hydrogens is 292 g/mol. The Bertz CT molecular complexity index is 525. The summed E-state index contributed by atoms with van der Waals surface area (Å²) >= 11 is 3.41. The van der Waals surface area contributed by atoms with Gasteiger partial charge >= 0.3 is 0 Å². The second-order valence-electron chi connectivity index (χ2n) is 3.86. The van der Waals surface area contributed by atoms with Crippen LogP contribution in [0, 0.1) is 6.92 Å². The minimum atomic E-state index is 0.822. The maximum Gasteiger partial charge on any atom is 0.138 e. The molecule has 5 heteroatoms. The first-order chi connectivity index (χ1) is 8.70. The van der Waals surface area contributed by atoms with Crippen LogP contribution >= 0.6 is 15.9 Å². The normalized spacial score (nSPS) is 10.2. The smallest absolute Gasteiger partial charge is 0.138 e. The van der Waals surface area contributed by atoms with E-state index in [9.17, 15) is 0 Å². The van der Waals surface area contributed by atoms with Gasteiger partial charge in [0.05, 0.1) is 0 Å². The third-order valence-corrected chi connectivity index (χ3v) is 3.06. The lowest BCUT2D eigenvalue weighted by Gasteiger charge is -2.11. The van der Waals surface area contributed by atoms with Gasteiger partial charge in [-0.25, -0.2) is 9.97 Å². The molecule has 0 atom stereocenters. The molecule has 0 bridgehead atoms. The van der Waals surface area contributed by atoms with Crippen LogP contribution in [0.3, 0.4) is 0 Å². The van der Waals surface area contributed by atoms with E-state index in [0.717, 1.165) is 33.9 Å². The highest BCUT2D eigenvalue weighted by atomic mass is 79.9. The van der Waals surface area contributed by atoms with Gasteiger partial charge < -0.3 is 10.6 Å². The molecular formula is C13H15BrN4. The Hall–Kier alpha value is -1.62. The first-order valence-electron chi connectivity index (χ1n) is 5.78. The van der Waals surface area contributed by atoms with Gasteiger partial charge in [-0.2, -0.15) is 0 Å². The average molecular weight is 307 g/mol. The van der Waals surface area contributed by atoms with Gasteiger partial charge in [-0.15, -0.1) is 0 Å². The van der Waals surface area contributed by atoms with Crippen LogP contribution in [0.5, 0.6) is 0 Å². The number of hydrogen-bond acceptors (Lipinski definition) is 4. The SMILES string of the molecule is CCNc1ncnc(Nc2ccc(Br)cc2)c1C. The Balaban J connectivity index is 2.23. The van der Waals surface area contributed by atoms with Crippen LogP contribution in [0.4, 0.5) is 17.3 Å². The number of benzene rings is 1. The number of nitrogens with one attached hydrogen (secondary N) is 2. The third-order valence-electron chi connectivity index (χ3n) is 2.54. The molecule has 0 amide bonds. The molecule has 0 aliphatic carbocycles. The monoisotopic (exact) mass is 306 g/mol. The zero-order valence-corrected chi connectivity index (χ0v) is 12.0. The van der Waals surface area contributed by atoms with E-state index in [1.54, 1.807) is 6.33 Å². The topological polar surface area (TPSA) is 49.8 Å². The Labute approximate surface area is 115 Å². The standard InChI is InChI=1S/C13H15BrN4/c1-3-15-12-9(2)13(17-8-16-12)18-11-6-4-10(14)5-7-11/h4-8H,3H2,1-2H3,(H2,15,16,17,18). The fourth-order valence-corrected chi connectivity index (χ4v) is 1.86. The summed E-state index contributed by atoms with van der Waals surface area (Å²) in [6, 6.07) is 7.98. The lowest BCUT2D eigenvalue weighted by molar-refractivity contribution is 1.08. The van der Waals surface area contributed by atoms with Crippen molar-refractivity contribution < 1.29 is 0 Å². The van der Waals surface area contributed by atoms with E-state index in [-0.39, 0.29) is 0 Å². The van der Waals surface area contributed by atoms with Gasteiger partial charge in [0.25, 0.3) is 0 Å². The Morgan fingerprint density at radius 1 is 1.11 bits per heavy atom. The summed E-state index contributed by atoms with van der Waals surface area (Å²) in [4.78, 5) is 8.48. The Morgan fingerprint density at radius 3 is 2.44 bits per heavy atom. The van der Waals surface area contributed by atoms with Crippen LogP contribution in [0.25, 0.3) is 0 Å². The van der Waals surface area contributed by atoms with E-state index < -0.39 is 0 Å². The molecule has 0 aliphatic rings. The highest BCUT2D eigenvalue weighted by molar-refractivity contribution is 9.10. The molecule has 0 saturated heterocycles. The first kappa shape index (κ1) is 12.8. The van der Waals surface area contributed by atoms with Crippen molar-refractivity contribution in [2.24, 2.45) is 0 Å². The number of aromatic nitrogens is 2. The van der Waals surface area contributed by atoms with Gasteiger partial charge in [-0.1, -0.05) is 15.9 Å². The molecule has 0 unspecified atom stereocenters. The van der Waals surface area contributed by atoms with Crippen molar-refractivity contribution in [3.63, 3.8) is 0 Å². The van der Waals surface area contributed by atoms with Gasteiger partial charge in [0, 0.05) is 22.3 Å². The Morgan fingerprint density at radius 2 is 1.78 bits per heavy atom. The summed E-state index contributed by atoms with van der Waals surface area (Å²) < 4.78 is 1.06. The number of rotatable bonds is 4. The molecule has 0 radical (unpaired) electrons. The summed E-state index contributed by atoms with van der Waals surface area (Å²) in [5.41, 5.74) is 2.02. The molecule has 0 aliphatic heterocycles. The van der Waals surface area contributed by atoms with Crippen molar-refractivity contribution in [3.8, 4) is 0 Å². The van der Waals surface area contributed by atoms with Crippen molar-refractivity contribution in [3.05, 3.63) is 40.6 Å². The molecule has 2 N–H and O–H groups in total. The van der Waals surface area contributed by atoms with Crippen LogP contribution in [0.2, 0.25) is 0 Å². The van der Waals surface area contributed by atoms with Crippen LogP contribution in [-0.4, -0.2) is 16.5 Å². The summed E-state index contributed by atoms with van der Waals surface area (Å²) in [7, 11) is 0. The molecule has 18 heavy (non-hydrogen) atoms. The van der Waals surface area contributed by atoms with Crippen molar-refractivity contribution >= 4 is 33.3 Å². The summed E-state index contributed by atoms with van der Waals surface area (Å²) in [5, 5.41) is 6.50. The highest BCUT2D eigenvalue weighted by Gasteiger charge is 2.06. The lowest BCUT2D eigenvalue weighted by atomic mass is 10.2. The van der Waals surface area contributed by atoms with Crippen molar-refractivity contribution in [1.82, 2.24) is 9.97 Å². The van der Waals surface area contributed by atoms with Gasteiger partial charge in [0.1, 0.15) is 18.0 Å². The number of nitrogens with zero attached hydrogens (tertiary/aromatic N) is 2. The molecule has 2 aromatic rings. The molecule has 1 aromatic heterocycles. The molecule has 0 fully saturated rings. The van der Waals surface area contributed by atoms with Crippen molar-refractivity contribution in [2.45, 2.75) is 13.8 Å².